The van der Waals surface area contributed by atoms with Gasteiger partial charge in [0.15, 0.2) is 0 Å². The lowest BCUT2D eigenvalue weighted by Gasteiger charge is -2.16. The van der Waals surface area contributed by atoms with Gasteiger partial charge in [-0.3, -0.25) is 24.9 Å². The van der Waals surface area contributed by atoms with Crippen molar-refractivity contribution in [1.82, 2.24) is 4.98 Å². The quantitative estimate of drug-likeness (QED) is 0.198. The van der Waals surface area contributed by atoms with Gasteiger partial charge in [0.1, 0.15) is 16.9 Å². The zero-order chi connectivity index (χ0) is 22.1. The molecule has 0 aliphatic carbocycles. The van der Waals surface area contributed by atoms with Crippen LogP contribution in [0.1, 0.15) is 26.4 Å². The molecule has 0 spiro atoms. The van der Waals surface area contributed by atoms with Crippen molar-refractivity contribution in [1.29, 1.82) is 0 Å². The van der Waals surface area contributed by atoms with Gasteiger partial charge in [0.25, 0.3) is 11.6 Å². The molecule has 9 heteroatoms. The fourth-order valence-electron chi connectivity index (χ4n) is 3.30. The maximum atomic E-state index is 13.1. The highest BCUT2D eigenvalue weighted by molar-refractivity contribution is 6.31. The average Bonchev–Trinajstić information content (AvgIpc) is 3.16. The number of hydroxylamine groups is 1. The summed E-state index contributed by atoms with van der Waals surface area (Å²) in [5.74, 6) is -1.53. The first-order valence-corrected chi connectivity index (χ1v) is 9.44. The number of nitro groups is 1. The van der Waals surface area contributed by atoms with Crippen molar-refractivity contribution in [2.75, 3.05) is 5.06 Å². The summed E-state index contributed by atoms with van der Waals surface area (Å²) in [6.45, 7) is 0. The minimum atomic E-state index is -1.05. The van der Waals surface area contributed by atoms with Crippen LogP contribution in [-0.2, 0) is 0 Å². The highest BCUT2D eigenvalue weighted by atomic mass is 35.5. The number of para-hydroxylation sites is 1. The number of hydrogen-bond donors (Lipinski definition) is 2. The van der Waals surface area contributed by atoms with Crippen LogP contribution in [0.15, 0.2) is 72.8 Å². The van der Waals surface area contributed by atoms with E-state index in [9.17, 15) is 24.9 Å². The molecule has 0 aliphatic rings. The zero-order valence-electron chi connectivity index (χ0n) is 15.8. The molecular weight excluding hydrogens is 422 g/mol. The molecule has 2 N–H and O–H groups in total. The number of aromatic amines is 1. The Bertz CT molecular complexity index is 1330. The van der Waals surface area contributed by atoms with E-state index < -0.39 is 22.3 Å². The number of rotatable bonds is 5. The molecule has 4 aromatic rings. The van der Waals surface area contributed by atoms with E-state index in [2.05, 4.69) is 4.98 Å². The van der Waals surface area contributed by atoms with E-state index in [0.717, 1.165) is 6.07 Å². The summed E-state index contributed by atoms with van der Waals surface area (Å²) in [7, 11) is 0. The van der Waals surface area contributed by atoms with Crippen molar-refractivity contribution in [3.05, 3.63) is 105 Å². The van der Waals surface area contributed by atoms with Gasteiger partial charge in [0, 0.05) is 27.6 Å². The summed E-state index contributed by atoms with van der Waals surface area (Å²) in [4.78, 5) is 39.7. The molecule has 1 heterocycles. The molecule has 0 bridgehead atoms. The lowest BCUT2D eigenvalue weighted by Crippen LogP contribution is -2.29. The number of carbonyl (C=O) groups excluding carboxylic acids is 2. The molecule has 4 rings (SSSR count). The molecule has 0 aliphatic heterocycles. The molecule has 0 atom stereocenters. The van der Waals surface area contributed by atoms with E-state index in [-0.39, 0.29) is 22.0 Å². The third-order valence-electron chi connectivity index (χ3n) is 4.73. The monoisotopic (exact) mass is 435 g/mol. The number of ketones is 1. The number of carbonyl (C=O) groups is 2. The Hall–Kier alpha value is -4.01. The molecule has 0 unspecified atom stereocenters. The summed E-state index contributed by atoms with van der Waals surface area (Å²) in [5, 5.41) is 23.1. The molecule has 3 aromatic carbocycles. The van der Waals surface area contributed by atoms with Crippen LogP contribution < -0.4 is 5.06 Å². The van der Waals surface area contributed by atoms with E-state index in [1.807, 2.05) is 0 Å². The van der Waals surface area contributed by atoms with Gasteiger partial charge in [-0.25, -0.2) is 0 Å². The van der Waals surface area contributed by atoms with Gasteiger partial charge in [0.2, 0.25) is 5.78 Å². The first kappa shape index (κ1) is 20.3. The van der Waals surface area contributed by atoms with E-state index in [0.29, 0.717) is 21.5 Å². The Morgan fingerprint density at radius 2 is 1.68 bits per heavy atom. The van der Waals surface area contributed by atoms with E-state index in [1.54, 1.807) is 48.5 Å². The van der Waals surface area contributed by atoms with Crippen molar-refractivity contribution < 1.29 is 19.7 Å². The number of H-pyrrole nitrogens is 1. The van der Waals surface area contributed by atoms with Crippen molar-refractivity contribution >= 4 is 45.6 Å². The fourth-order valence-corrected chi connectivity index (χ4v) is 3.47. The van der Waals surface area contributed by atoms with Gasteiger partial charge in [-0.15, -0.1) is 0 Å². The number of hydrogen-bond acceptors (Lipinski definition) is 5. The number of fused-ring (bicyclic) bond motifs is 1. The Morgan fingerprint density at radius 1 is 1.00 bits per heavy atom. The van der Waals surface area contributed by atoms with Gasteiger partial charge in [-0.05, 0) is 24.3 Å². The summed E-state index contributed by atoms with van der Waals surface area (Å²) >= 11 is 6.05. The predicted octanol–water partition coefficient (Wildman–Crippen LogP) is 5.00. The second kappa shape index (κ2) is 8.02. The van der Waals surface area contributed by atoms with E-state index >= 15 is 0 Å². The summed E-state index contributed by atoms with van der Waals surface area (Å²) in [6.07, 6.45) is 0. The predicted molar refractivity (Wildman–Crippen MR) is 115 cm³/mol. The number of nitrogens with one attached hydrogen (secondary N) is 1. The van der Waals surface area contributed by atoms with Crippen LogP contribution in [0, 0.1) is 10.1 Å². The van der Waals surface area contributed by atoms with Crippen LogP contribution in [0.5, 0.6) is 0 Å². The third-order valence-corrected chi connectivity index (χ3v) is 4.97. The lowest BCUT2D eigenvalue weighted by molar-refractivity contribution is -0.385. The SMILES string of the molecule is O=C(c1ccccc1)c1[nH]c2cc(Cl)ccc2c1N(O)C(=O)c1ccccc1[N+](=O)[O-]. The molecule has 0 radical (unpaired) electrons. The molecule has 0 saturated heterocycles. The van der Waals surface area contributed by atoms with Gasteiger partial charge in [-0.2, -0.15) is 5.06 Å². The van der Waals surface area contributed by atoms with E-state index in [4.69, 9.17) is 11.6 Å². The molecular formula is C22H14ClN3O5. The van der Waals surface area contributed by atoms with Crippen LogP contribution in [0.25, 0.3) is 10.9 Å². The molecule has 31 heavy (non-hydrogen) atoms. The number of amides is 1. The number of nitro benzene ring substituents is 1. The number of nitrogens with zero attached hydrogens (tertiary/aromatic N) is 2. The molecule has 1 amide bonds. The second-order valence-electron chi connectivity index (χ2n) is 6.62. The Kier molecular flexibility index (Phi) is 5.24. The minimum Gasteiger partial charge on any atom is -0.350 e. The van der Waals surface area contributed by atoms with Crippen LogP contribution in [0.2, 0.25) is 5.02 Å². The molecule has 1 aromatic heterocycles. The first-order valence-electron chi connectivity index (χ1n) is 9.06. The van der Waals surface area contributed by atoms with Crippen molar-refractivity contribution in [3.8, 4) is 0 Å². The smallest absolute Gasteiger partial charge is 0.289 e. The summed E-state index contributed by atoms with van der Waals surface area (Å²) in [5.41, 5.74) is -0.229. The van der Waals surface area contributed by atoms with Gasteiger partial charge in [0.05, 0.1) is 4.92 Å². The number of halogens is 1. The van der Waals surface area contributed by atoms with Crippen molar-refractivity contribution in [2.45, 2.75) is 0 Å². The number of anilines is 1. The highest BCUT2D eigenvalue weighted by Crippen LogP contribution is 2.35. The normalized spacial score (nSPS) is 10.8. The van der Waals surface area contributed by atoms with Gasteiger partial charge >= 0.3 is 0 Å². The van der Waals surface area contributed by atoms with E-state index in [1.165, 1.54) is 18.2 Å². The minimum absolute atomic E-state index is 0.0575. The maximum absolute atomic E-state index is 13.1. The largest absolute Gasteiger partial charge is 0.350 e. The fraction of sp³-hybridized carbons (Fsp3) is 0. The number of aromatic nitrogens is 1. The highest BCUT2D eigenvalue weighted by Gasteiger charge is 2.30. The van der Waals surface area contributed by atoms with Crippen molar-refractivity contribution in [2.24, 2.45) is 0 Å². The topological polar surface area (TPSA) is 117 Å². The molecule has 154 valence electrons. The Balaban J connectivity index is 1.89. The van der Waals surface area contributed by atoms with Crippen LogP contribution in [-0.4, -0.2) is 26.8 Å². The lowest BCUT2D eigenvalue weighted by atomic mass is 10.1. The Morgan fingerprint density at radius 3 is 2.39 bits per heavy atom. The van der Waals surface area contributed by atoms with Gasteiger partial charge in [-0.1, -0.05) is 54.1 Å². The molecule has 0 saturated carbocycles. The molecule has 8 nitrogen and oxygen atoms in total. The molecule has 0 fully saturated rings. The maximum Gasteiger partial charge on any atom is 0.289 e. The third kappa shape index (κ3) is 3.65. The summed E-state index contributed by atoms with van der Waals surface area (Å²) in [6, 6.07) is 18.2. The zero-order valence-corrected chi connectivity index (χ0v) is 16.5. The average molecular weight is 436 g/mol. The second-order valence-corrected chi connectivity index (χ2v) is 7.06. The van der Waals surface area contributed by atoms with Crippen LogP contribution in [0.4, 0.5) is 11.4 Å². The summed E-state index contributed by atoms with van der Waals surface area (Å²) < 4.78 is 0. The van der Waals surface area contributed by atoms with Crippen molar-refractivity contribution in [3.63, 3.8) is 0 Å². The van der Waals surface area contributed by atoms with Crippen LogP contribution >= 0.6 is 11.6 Å². The standard InChI is InChI=1S/C22H14ClN3O5/c23-14-10-11-15-17(12-14)24-19(21(27)13-6-2-1-3-7-13)20(15)25(29)22(28)16-8-4-5-9-18(16)26(30)31/h1-12,24,29H. The Labute approximate surface area is 180 Å². The number of benzene rings is 3. The van der Waals surface area contributed by atoms with Gasteiger partial charge < -0.3 is 4.98 Å². The first-order chi connectivity index (χ1) is 14.9. The van der Waals surface area contributed by atoms with Crippen LogP contribution in [0.3, 0.4) is 0 Å².